The zero-order valence-electron chi connectivity index (χ0n) is 7.81. The lowest BCUT2D eigenvalue weighted by Gasteiger charge is -2.10. The summed E-state index contributed by atoms with van der Waals surface area (Å²) in [4.78, 5) is 0. The number of hydrogen-bond acceptors (Lipinski definition) is 3. The van der Waals surface area contributed by atoms with Gasteiger partial charge >= 0.3 is 0 Å². The first kappa shape index (κ1) is 12.4. The average Bonchev–Trinajstić information content (AvgIpc) is 2.10. The molecule has 0 aliphatic carbocycles. The molecule has 0 bridgehead atoms. The molecule has 1 N–H and O–H groups in total. The third-order valence-corrected chi connectivity index (χ3v) is 2.37. The maximum atomic E-state index is 5.27. The van der Waals surface area contributed by atoms with E-state index in [0.717, 1.165) is 18.5 Å². The van der Waals surface area contributed by atoms with Gasteiger partial charge < -0.3 is 14.8 Å². The van der Waals surface area contributed by atoms with Gasteiger partial charge in [0.15, 0.2) is 0 Å². The van der Waals surface area contributed by atoms with E-state index in [1.165, 1.54) is 0 Å². The maximum absolute atomic E-state index is 5.27. The van der Waals surface area contributed by atoms with Gasteiger partial charge in [-0.15, -0.1) is 0 Å². The molecule has 0 saturated carbocycles. The van der Waals surface area contributed by atoms with Gasteiger partial charge in [0.05, 0.1) is 19.8 Å². The molecule has 3 nitrogen and oxygen atoms in total. The van der Waals surface area contributed by atoms with Crippen LogP contribution in [0.3, 0.4) is 0 Å². The number of rotatable bonds is 8. The molecular weight excluding hydrogens is 222 g/mol. The number of ether oxygens (including phenoxy) is 2. The molecule has 0 fully saturated rings. The summed E-state index contributed by atoms with van der Waals surface area (Å²) in [5, 5.41) is 4.27. The number of nitrogens with one attached hydrogen (secondary N) is 1. The van der Waals surface area contributed by atoms with Gasteiger partial charge in [-0.1, -0.05) is 15.9 Å². The molecular formula is C8H18BrNO2. The minimum Gasteiger partial charge on any atom is -0.382 e. The van der Waals surface area contributed by atoms with Crippen molar-refractivity contribution in [2.24, 2.45) is 0 Å². The molecule has 12 heavy (non-hydrogen) atoms. The summed E-state index contributed by atoms with van der Waals surface area (Å²) in [5.41, 5.74) is 0. The Hall–Kier alpha value is 0.360. The van der Waals surface area contributed by atoms with Crippen LogP contribution in [0.5, 0.6) is 0 Å². The van der Waals surface area contributed by atoms with E-state index in [1.807, 2.05) is 0 Å². The highest BCUT2D eigenvalue weighted by atomic mass is 79.9. The zero-order valence-corrected chi connectivity index (χ0v) is 9.39. The highest BCUT2D eigenvalue weighted by Gasteiger charge is 1.96. The largest absolute Gasteiger partial charge is 0.382 e. The Morgan fingerprint density at radius 2 is 2.08 bits per heavy atom. The van der Waals surface area contributed by atoms with E-state index in [1.54, 1.807) is 7.11 Å². The van der Waals surface area contributed by atoms with Crippen LogP contribution in [0.25, 0.3) is 0 Å². The van der Waals surface area contributed by atoms with Crippen LogP contribution in [0, 0.1) is 0 Å². The maximum Gasteiger partial charge on any atom is 0.0700 e. The Balaban J connectivity index is 2.90. The van der Waals surface area contributed by atoms with Crippen molar-refractivity contribution in [3.63, 3.8) is 0 Å². The molecule has 0 saturated heterocycles. The Labute approximate surface area is 82.9 Å². The standard InChI is InChI=1S/C8H18BrNO2/c1-8(7-9)10-3-4-12-6-5-11-2/h8,10H,3-7H2,1-2H3. The quantitative estimate of drug-likeness (QED) is 0.507. The van der Waals surface area contributed by atoms with Crippen molar-refractivity contribution < 1.29 is 9.47 Å². The normalized spacial score (nSPS) is 13.2. The molecule has 4 heteroatoms. The first-order valence-corrected chi connectivity index (χ1v) is 5.29. The smallest absolute Gasteiger partial charge is 0.0700 e. The van der Waals surface area contributed by atoms with Crippen molar-refractivity contribution in [1.29, 1.82) is 0 Å². The predicted octanol–water partition coefficient (Wildman–Crippen LogP) is 1.02. The number of halogens is 1. The number of hydrogen-bond donors (Lipinski definition) is 1. The molecule has 0 heterocycles. The van der Waals surface area contributed by atoms with E-state index in [4.69, 9.17) is 9.47 Å². The molecule has 1 atom stereocenters. The third kappa shape index (κ3) is 8.46. The number of methoxy groups -OCH3 is 1. The summed E-state index contributed by atoms with van der Waals surface area (Å²) in [6.07, 6.45) is 0. The highest BCUT2D eigenvalue weighted by Crippen LogP contribution is 1.87. The molecule has 0 radical (unpaired) electrons. The summed E-state index contributed by atoms with van der Waals surface area (Å²) >= 11 is 3.39. The topological polar surface area (TPSA) is 30.5 Å². The fraction of sp³-hybridized carbons (Fsp3) is 1.00. The fourth-order valence-electron chi connectivity index (χ4n) is 0.676. The van der Waals surface area contributed by atoms with Crippen LogP contribution in [0.1, 0.15) is 6.92 Å². The van der Waals surface area contributed by atoms with E-state index in [0.29, 0.717) is 19.3 Å². The highest BCUT2D eigenvalue weighted by molar-refractivity contribution is 9.09. The second kappa shape index (κ2) is 9.45. The second-order valence-corrected chi connectivity index (χ2v) is 3.26. The number of alkyl halides is 1. The van der Waals surface area contributed by atoms with Gasteiger partial charge in [0, 0.05) is 25.0 Å². The summed E-state index contributed by atoms with van der Waals surface area (Å²) in [6, 6.07) is 0.510. The van der Waals surface area contributed by atoms with Crippen molar-refractivity contribution in [1.82, 2.24) is 5.32 Å². The van der Waals surface area contributed by atoms with Gasteiger partial charge in [0.1, 0.15) is 0 Å². The van der Waals surface area contributed by atoms with Crippen molar-refractivity contribution in [2.45, 2.75) is 13.0 Å². The van der Waals surface area contributed by atoms with E-state index < -0.39 is 0 Å². The lowest BCUT2D eigenvalue weighted by atomic mass is 10.4. The molecule has 1 unspecified atom stereocenters. The van der Waals surface area contributed by atoms with Gasteiger partial charge in [0.2, 0.25) is 0 Å². The molecule has 0 aromatic rings. The van der Waals surface area contributed by atoms with E-state index in [-0.39, 0.29) is 0 Å². The van der Waals surface area contributed by atoms with Crippen molar-refractivity contribution >= 4 is 15.9 Å². The predicted molar refractivity (Wildman–Crippen MR) is 54.0 cm³/mol. The Morgan fingerprint density at radius 1 is 1.33 bits per heavy atom. The van der Waals surface area contributed by atoms with Crippen LogP contribution in [-0.4, -0.2) is 44.8 Å². The summed E-state index contributed by atoms with van der Waals surface area (Å²) in [5.74, 6) is 0. The second-order valence-electron chi connectivity index (χ2n) is 2.61. The van der Waals surface area contributed by atoms with Crippen LogP contribution < -0.4 is 5.32 Å². The van der Waals surface area contributed by atoms with Crippen molar-refractivity contribution in [3.05, 3.63) is 0 Å². The summed E-state index contributed by atoms with van der Waals surface area (Å²) in [7, 11) is 1.68. The Bertz CT molecular complexity index is 93.1. The van der Waals surface area contributed by atoms with Crippen LogP contribution >= 0.6 is 15.9 Å². The van der Waals surface area contributed by atoms with Crippen LogP contribution in [0.15, 0.2) is 0 Å². The van der Waals surface area contributed by atoms with E-state index in [2.05, 4.69) is 28.2 Å². The van der Waals surface area contributed by atoms with Gasteiger partial charge in [0.25, 0.3) is 0 Å². The van der Waals surface area contributed by atoms with Gasteiger partial charge in [-0.3, -0.25) is 0 Å². The molecule has 0 spiro atoms. The molecule has 74 valence electrons. The van der Waals surface area contributed by atoms with Gasteiger partial charge in [-0.25, -0.2) is 0 Å². The molecule has 0 rings (SSSR count). The van der Waals surface area contributed by atoms with Crippen LogP contribution in [0.4, 0.5) is 0 Å². The SMILES string of the molecule is COCCOCCNC(C)CBr. The molecule has 0 aliphatic heterocycles. The minimum absolute atomic E-state index is 0.510. The monoisotopic (exact) mass is 239 g/mol. The third-order valence-electron chi connectivity index (χ3n) is 1.40. The first-order chi connectivity index (χ1) is 5.81. The molecule has 0 aliphatic rings. The summed E-state index contributed by atoms with van der Waals surface area (Å²) < 4.78 is 10.1. The first-order valence-electron chi connectivity index (χ1n) is 4.17. The van der Waals surface area contributed by atoms with Crippen molar-refractivity contribution in [2.75, 3.05) is 38.8 Å². The summed E-state index contributed by atoms with van der Waals surface area (Å²) in [6.45, 7) is 5.13. The Morgan fingerprint density at radius 3 is 2.67 bits per heavy atom. The molecule has 0 amide bonds. The van der Waals surface area contributed by atoms with E-state index >= 15 is 0 Å². The van der Waals surface area contributed by atoms with Crippen LogP contribution in [0.2, 0.25) is 0 Å². The fourth-order valence-corrected chi connectivity index (χ4v) is 0.905. The van der Waals surface area contributed by atoms with E-state index in [9.17, 15) is 0 Å². The van der Waals surface area contributed by atoms with Gasteiger partial charge in [-0.05, 0) is 6.92 Å². The lowest BCUT2D eigenvalue weighted by Crippen LogP contribution is -2.30. The van der Waals surface area contributed by atoms with Crippen LogP contribution in [-0.2, 0) is 9.47 Å². The average molecular weight is 240 g/mol. The van der Waals surface area contributed by atoms with Crippen molar-refractivity contribution in [3.8, 4) is 0 Å². The molecule has 0 aromatic carbocycles. The van der Waals surface area contributed by atoms with Gasteiger partial charge in [-0.2, -0.15) is 0 Å². The minimum atomic E-state index is 0.510. The Kier molecular flexibility index (Phi) is 9.73. The zero-order chi connectivity index (χ0) is 9.23. The lowest BCUT2D eigenvalue weighted by molar-refractivity contribution is 0.0714. The molecule has 0 aromatic heterocycles.